The van der Waals surface area contributed by atoms with Crippen LogP contribution in [0.2, 0.25) is 0 Å². The van der Waals surface area contributed by atoms with Gasteiger partial charge >= 0.3 is 0 Å². The first-order valence-electron chi connectivity index (χ1n) is 19.0. The summed E-state index contributed by atoms with van der Waals surface area (Å²) in [4.78, 5) is 5.38. The van der Waals surface area contributed by atoms with Crippen molar-refractivity contribution in [1.82, 2.24) is 0 Å². The lowest BCUT2D eigenvalue weighted by atomic mass is 9.73. The summed E-state index contributed by atoms with van der Waals surface area (Å²) in [7, 11) is 0. The van der Waals surface area contributed by atoms with Crippen LogP contribution in [0, 0.1) is 0 Å². The lowest BCUT2D eigenvalue weighted by molar-refractivity contribution is 0.420. The Morgan fingerprint density at radius 2 is 0.870 bits per heavy atom. The van der Waals surface area contributed by atoms with Crippen LogP contribution in [0.25, 0.3) is 44.5 Å². The quantitative estimate of drug-likeness (QED) is 0.175. The fraction of sp³-hybridized carbons (Fsp3) is 0.176. The van der Waals surface area contributed by atoms with E-state index in [-0.39, 0.29) is 16.2 Å². The maximum Gasteiger partial charge on any atom is 0.139 e. The second kappa shape index (κ2) is 11.1. The van der Waals surface area contributed by atoms with Gasteiger partial charge in [0.25, 0.3) is 0 Å². The van der Waals surface area contributed by atoms with Crippen molar-refractivity contribution in [2.24, 2.45) is 0 Å². The Labute approximate surface area is 326 Å². The minimum Gasteiger partial charge on any atom is -0.455 e. The molecule has 0 atom stereocenters. The first-order valence-corrected chi connectivity index (χ1v) is 20.6. The Morgan fingerprint density at radius 1 is 0.370 bits per heavy atom. The lowest BCUT2D eigenvalue weighted by Crippen LogP contribution is -2.25. The molecule has 7 aromatic rings. The fourth-order valence-corrected chi connectivity index (χ4v) is 12.5. The van der Waals surface area contributed by atoms with Crippen LogP contribution in [0.3, 0.4) is 0 Å². The highest BCUT2D eigenvalue weighted by molar-refractivity contribution is 8.05. The van der Waals surface area contributed by atoms with Crippen LogP contribution in [0.1, 0.15) is 74.9 Å². The smallest absolute Gasteiger partial charge is 0.139 e. The first-order chi connectivity index (χ1) is 26.0. The summed E-state index contributed by atoms with van der Waals surface area (Å²) in [6.07, 6.45) is 0. The Hall–Kier alpha value is -4.96. The highest BCUT2D eigenvalue weighted by atomic mass is 32.2. The second-order valence-electron chi connectivity index (χ2n) is 16.8. The molecule has 2 heterocycles. The third-order valence-electron chi connectivity index (χ3n) is 12.8. The topological polar surface area (TPSA) is 9.23 Å². The van der Waals surface area contributed by atoms with Gasteiger partial charge in [-0.3, -0.25) is 0 Å². The predicted octanol–water partition coefficient (Wildman–Crippen LogP) is 14.7. The van der Waals surface area contributed by atoms with Gasteiger partial charge in [-0.05, 0) is 68.3 Å². The van der Waals surface area contributed by atoms with E-state index in [2.05, 4.69) is 175 Å². The lowest BCUT2D eigenvalue weighted by Gasteiger charge is -2.37. The summed E-state index contributed by atoms with van der Waals surface area (Å²) >= 11 is 3.86. The third kappa shape index (κ3) is 4.26. The van der Waals surface area contributed by atoms with E-state index in [0.29, 0.717) is 0 Å². The average Bonchev–Trinajstić information content (AvgIpc) is 3.57. The molecule has 2 aliphatic heterocycles. The molecular weight excluding hydrogens is 693 g/mol. The van der Waals surface area contributed by atoms with Crippen molar-refractivity contribution in [2.75, 3.05) is 0 Å². The van der Waals surface area contributed by atoms with E-state index in [0.717, 1.165) is 17.1 Å². The van der Waals surface area contributed by atoms with Gasteiger partial charge in [-0.2, -0.15) is 0 Å². The van der Waals surface area contributed by atoms with Gasteiger partial charge in [-0.25, -0.2) is 0 Å². The average molecular weight is 733 g/mol. The van der Waals surface area contributed by atoms with Gasteiger partial charge in [-0.15, -0.1) is 0 Å². The highest BCUT2D eigenvalue weighted by Crippen LogP contribution is 2.62. The monoisotopic (exact) mass is 732 g/mol. The number of hydrogen-bond donors (Lipinski definition) is 0. The standard InChI is InChI=1S/C51H40OS2/c1-49(2)35-20-9-7-16-33(35)43-37(49)24-25-40-46(43)52-45-31(18-12-22-39(45)51(40,5)6)29-14-11-15-30(28-29)32-19-13-23-41-47(32)54-48-42(53-41)27-26-38-44(48)34-17-8-10-21-36(34)50(38,3)4/h7-28H,1-6H3. The molecular formula is C51H40OS2. The molecule has 0 unspecified atom stereocenters. The number of fused-ring (bicyclic) bond motifs is 12. The van der Waals surface area contributed by atoms with E-state index in [1.807, 2.05) is 23.5 Å². The molecule has 54 heavy (non-hydrogen) atoms. The van der Waals surface area contributed by atoms with Crippen LogP contribution in [0.4, 0.5) is 0 Å². The number of para-hydroxylation sites is 1. The van der Waals surface area contributed by atoms with E-state index in [9.17, 15) is 0 Å². The molecule has 0 saturated carbocycles. The van der Waals surface area contributed by atoms with E-state index in [4.69, 9.17) is 4.74 Å². The molecule has 7 aromatic carbocycles. The van der Waals surface area contributed by atoms with E-state index in [1.165, 1.54) is 91.9 Å². The molecule has 0 amide bonds. The molecule has 0 fully saturated rings. The third-order valence-corrected chi connectivity index (χ3v) is 15.5. The van der Waals surface area contributed by atoms with Crippen LogP contribution in [0.15, 0.2) is 153 Å². The maximum atomic E-state index is 7.25. The summed E-state index contributed by atoms with van der Waals surface area (Å²) in [5.41, 5.74) is 17.8. The zero-order chi connectivity index (χ0) is 36.7. The van der Waals surface area contributed by atoms with Crippen molar-refractivity contribution in [3.63, 3.8) is 0 Å². The van der Waals surface area contributed by atoms with Crippen molar-refractivity contribution in [1.29, 1.82) is 0 Å². The molecule has 0 saturated heterocycles. The predicted molar refractivity (Wildman–Crippen MR) is 226 cm³/mol. The highest BCUT2D eigenvalue weighted by Gasteiger charge is 2.43. The Bertz CT molecular complexity index is 2780. The molecule has 1 nitrogen and oxygen atoms in total. The van der Waals surface area contributed by atoms with Gasteiger partial charge in [-0.1, -0.05) is 180 Å². The van der Waals surface area contributed by atoms with E-state index < -0.39 is 0 Å². The largest absolute Gasteiger partial charge is 0.455 e. The van der Waals surface area contributed by atoms with Crippen molar-refractivity contribution < 1.29 is 4.74 Å². The molecule has 0 radical (unpaired) electrons. The summed E-state index contributed by atoms with van der Waals surface area (Å²) in [6, 6.07) is 49.9. The Morgan fingerprint density at radius 3 is 1.63 bits per heavy atom. The summed E-state index contributed by atoms with van der Waals surface area (Å²) in [5.74, 6) is 1.97. The number of ether oxygens (including phenoxy) is 1. The van der Waals surface area contributed by atoms with Crippen molar-refractivity contribution in [3.8, 4) is 56.0 Å². The summed E-state index contributed by atoms with van der Waals surface area (Å²) in [5, 5.41) is 0. The Kier molecular flexibility index (Phi) is 6.65. The maximum absolute atomic E-state index is 7.25. The van der Waals surface area contributed by atoms with Crippen LogP contribution in [0.5, 0.6) is 11.5 Å². The number of hydrogen-bond acceptors (Lipinski definition) is 3. The van der Waals surface area contributed by atoms with E-state index >= 15 is 0 Å². The number of benzene rings is 7. The van der Waals surface area contributed by atoms with Crippen LogP contribution < -0.4 is 4.74 Å². The van der Waals surface area contributed by atoms with Gasteiger partial charge < -0.3 is 4.74 Å². The van der Waals surface area contributed by atoms with Crippen LogP contribution in [-0.4, -0.2) is 0 Å². The molecule has 2 aliphatic carbocycles. The molecule has 3 heteroatoms. The van der Waals surface area contributed by atoms with Gasteiger partial charge in [0.15, 0.2) is 0 Å². The fourth-order valence-electron chi connectivity index (χ4n) is 9.90. The van der Waals surface area contributed by atoms with Crippen molar-refractivity contribution in [3.05, 3.63) is 167 Å². The molecule has 0 N–H and O–H groups in total. The normalized spacial score (nSPS) is 16.8. The first kappa shape index (κ1) is 32.5. The molecule has 262 valence electrons. The SMILES string of the molecule is CC1(C)c2cccc(-c3cccc(-c4cccc5c4Sc4c(ccc6c4-c4ccccc4C6(C)C)S5)c3)c2Oc2c1ccc1c2-c2ccccc2C1(C)C. The van der Waals surface area contributed by atoms with Gasteiger partial charge in [0.2, 0.25) is 0 Å². The van der Waals surface area contributed by atoms with Gasteiger partial charge in [0, 0.05) is 63.6 Å². The van der Waals surface area contributed by atoms with Gasteiger partial charge in [0.05, 0.1) is 0 Å². The number of rotatable bonds is 2. The summed E-state index contributed by atoms with van der Waals surface area (Å²) < 4.78 is 7.25. The molecule has 11 rings (SSSR count). The Balaban J connectivity index is 1.03. The minimum absolute atomic E-state index is 0.0219. The minimum atomic E-state index is -0.236. The molecule has 4 aliphatic rings. The molecule has 0 spiro atoms. The van der Waals surface area contributed by atoms with E-state index in [1.54, 1.807) is 0 Å². The molecule has 0 aromatic heterocycles. The summed E-state index contributed by atoms with van der Waals surface area (Å²) in [6.45, 7) is 14.1. The zero-order valence-electron chi connectivity index (χ0n) is 31.4. The van der Waals surface area contributed by atoms with Gasteiger partial charge in [0.1, 0.15) is 11.5 Å². The van der Waals surface area contributed by atoms with Crippen molar-refractivity contribution >= 4 is 23.5 Å². The van der Waals surface area contributed by atoms with Crippen LogP contribution in [-0.2, 0) is 16.2 Å². The molecule has 0 bridgehead atoms. The second-order valence-corrected chi connectivity index (χ2v) is 19.0. The van der Waals surface area contributed by atoms with Crippen LogP contribution >= 0.6 is 23.5 Å². The zero-order valence-corrected chi connectivity index (χ0v) is 33.1. The van der Waals surface area contributed by atoms with Crippen molar-refractivity contribution in [2.45, 2.75) is 77.4 Å².